The monoisotopic (exact) mass is 717 g/mol. The zero-order valence-electron chi connectivity index (χ0n) is 23.6. The average molecular weight is 718 g/mol. The SMILES string of the molecule is CC(C(N)=O)N(c1ccc(F)cc1)c1nc(N)c(C(=O)c2ccc(OCC(=O)NC3C4CC5CC(C4)CC3(I)C5)cc2)s1. The van der Waals surface area contributed by atoms with Gasteiger partial charge < -0.3 is 26.4 Å². The number of hydrogen-bond acceptors (Lipinski definition) is 8. The highest BCUT2D eigenvalue weighted by molar-refractivity contribution is 14.1. The number of carbonyl (C=O) groups is 3. The van der Waals surface area contributed by atoms with E-state index in [1.54, 1.807) is 31.2 Å². The van der Waals surface area contributed by atoms with Crippen molar-refractivity contribution in [3.63, 3.8) is 0 Å². The van der Waals surface area contributed by atoms with Crippen LogP contribution in [0.3, 0.4) is 0 Å². The van der Waals surface area contributed by atoms with Crippen molar-refractivity contribution in [2.75, 3.05) is 17.2 Å². The lowest BCUT2D eigenvalue weighted by molar-refractivity contribution is -0.126. The van der Waals surface area contributed by atoms with E-state index in [0.717, 1.165) is 23.2 Å². The Labute approximate surface area is 266 Å². The smallest absolute Gasteiger partial charge is 0.258 e. The van der Waals surface area contributed by atoms with Crippen LogP contribution in [-0.4, -0.2) is 44.7 Å². The summed E-state index contributed by atoms with van der Waals surface area (Å²) in [6.07, 6.45) is 6.14. The summed E-state index contributed by atoms with van der Waals surface area (Å²) < 4.78 is 19.5. The van der Waals surface area contributed by atoms with Crippen LogP contribution < -0.4 is 26.4 Å². The molecule has 4 atom stereocenters. The molecule has 7 rings (SSSR count). The highest BCUT2D eigenvalue weighted by Gasteiger charge is 2.56. The molecule has 9 nitrogen and oxygen atoms in total. The van der Waals surface area contributed by atoms with E-state index in [4.69, 9.17) is 16.2 Å². The highest BCUT2D eigenvalue weighted by Crippen LogP contribution is 2.59. The summed E-state index contributed by atoms with van der Waals surface area (Å²) in [5.74, 6) is 1.09. The number of hydrogen-bond donors (Lipinski definition) is 3. The normalized spacial score (nSPS) is 26.1. The molecule has 2 aromatic carbocycles. The molecule has 0 aliphatic heterocycles. The second kappa shape index (κ2) is 11.7. The van der Waals surface area contributed by atoms with Crippen molar-refractivity contribution >= 4 is 68.2 Å². The number of alkyl halides is 1. The Morgan fingerprint density at radius 2 is 1.77 bits per heavy atom. The van der Waals surface area contributed by atoms with Crippen LogP contribution in [0.4, 0.5) is 21.0 Å². The van der Waals surface area contributed by atoms with E-state index in [2.05, 4.69) is 32.9 Å². The number of nitrogens with two attached hydrogens (primary N) is 2. The summed E-state index contributed by atoms with van der Waals surface area (Å²) in [6.45, 7) is 1.49. The topological polar surface area (TPSA) is 141 Å². The van der Waals surface area contributed by atoms with Crippen LogP contribution in [-0.2, 0) is 9.59 Å². The van der Waals surface area contributed by atoms with E-state index in [9.17, 15) is 18.8 Å². The van der Waals surface area contributed by atoms with E-state index in [1.165, 1.54) is 61.3 Å². The van der Waals surface area contributed by atoms with Crippen LogP contribution in [0, 0.1) is 23.6 Å². The Bertz CT molecular complexity index is 1530. The second-order valence-corrected chi connectivity index (χ2v) is 15.1. The van der Waals surface area contributed by atoms with E-state index < -0.39 is 17.8 Å². The standard InChI is InChI=1S/C31H33FIN5O4S/c1-16(29(35)41)38(22-6-4-21(32)5-7-22)30-37-28(34)26(43-30)25(40)19-2-8-23(9-3-19)42-15-24(39)36-27-20-11-17-10-18(12-20)14-31(27,33)13-17/h2-9,16-18,20,27H,10-15,34H2,1H3,(H2,35,41)(H,36,39). The van der Waals surface area contributed by atoms with Crippen LogP contribution in [0.2, 0.25) is 0 Å². The summed E-state index contributed by atoms with van der Waals surface area (Å²) in [5.41, 5.74) is 12.5. The molecule has 4 fully saturated rings. The zero-order valence-corrected chi connectivity index (χ0v) is 26.6. The van der Waals surface area contributed by atoms with Gasteiger partial charge in [0.05, 0.1) is 0 Å². The van der Waals surface area contributed by atoms with E-state index in [0.29, 0.717) is 22.9 Å². The van der Waals surface area contributed by atoms with Gasteiger partial charge >= 0.3 is 0 Å². The molecule has 0 saturated heterocycles. The molecule has 4 unspecified atom stereocenters. The minimum atomic E-state index is -0.835. The van der Waals surface area contributed by atoms with Gasteiger partial charge in [0.1, 0.15) is 28.3 Å². The minimum absolute atomic E-state index is 0.00333. The van der Waals surface area contributed by atoms with Crippen LogP contribution in [0.5, 0.6) is 5.75 Å². The first-order valence-corrected chi connectivity index (χ1v) is 16.3. The van der Waals surface area contributed by atoms with Gasteiger partial charge in [-0.3, -0.25) is 14.4 Å². The van der Waals surface area contributed by atoms with Gasteiger partial charge in [-0.15, -0.1) is 0 Å². The first-order valence-electron chi connectivity index (χ1n) is 14.4. The summed E-state index contributed by atoms with van der Waals surface area (Å²) >= 11 is 3.61. The van der Waals surface area contributed by atoms with Crippen LogP contribution in [0.1, 0.15) is 54.3 Å². The number of halogens is 2. The fourth-order valence-electron chi connectivity index (χ4n) is 7.20. The molecule has 3 aromatic rings. The first-order chi connectivity index (χ1) is 20.5. The Morgan fingerprint density at radius 3 is 2.37 bits per heavy atom. The van der Waals surface area contributed by atoms with Gasteiger partial charge in [-0.2, -0.15) is 0 Å². The molecule has 0 spiro atoms. The van der Waals surface area contributed by atoms with Gasteiger partial charge in [-0.25, -0.2) is 9.37 Å². The van der Waals surface area contributed by atoms with Crippen molar-refractivity contribution < 1.29 is 23.5 Å². The maximum atomic E-state index is 13.5. The highest BCUT2D eigenvalue weighted by atomic mass is 127. The molecule has 12 heteroatoms. The van der Waals surface area contributed by atoms with Crippen molar-refractivity contribution in [2.24, 2.45) is 23.5 Å². The van der Waals surface area contributed by atoms with Gasteiger partial charge in [-0.05, 0) is 105 Å². The molecule has 4 aliphatic carbocycles. The van der Waals surface area contributed by atoms with Crippen LogP contribution in [0.15, 0.2) is 48.5 Å². The minimum Gasteiger partial charge on any atom is -0.484 e. The molecule has 4 aliphatic rings. The van der Waals surface area contributed by atoms with Crippen LogP contribution in [0.25, 0.3) is 0 Å². The number of thiazole rings is 1. The molecule has 226 valence electrons. The van der Waals surface area contributed by atoms with Crippen molar-refractivity contribution in [1.29, 1.82) is 0 Å². The molecule has 2 amide bonds. The fourth-order valence-corrected chi connectivity index (χ4v) is 10.2. The van der Waals surface area contributed by atoms with Crippen molar-refractivity contribution in [3.05, 3.63) is 64.8 Å². The molecule has 43 heavy (non-hydrogen) atoms. The Kier molecular flexibility index (Phi) is 8.09. The maximum absolute atomic E-state index is 13.5. The molecular formula is C31H33FIN5O4S. The number of benzene rings is 2. The van der Waals surface area contributed by atoms with Crippen LogP contribution >= 0.6 is 33.9 Å². The van der Waals surface area contributed by atoms with Crippen molar-refractivity contribution in [1.82, 2.24) is 10.3 Å². The molecule has 0 radical (unpaired) electrons. The van der Waals surface area contributed by atoms with Gasteiger partial charge in [-0.1, -0.05) is 33.9 Å². The molecule has 1 heterocycles. The van der Waals surface area contributed by atoms with Gasteiger partial charge in [0.15, 0.2) is 11.7 Å². The predicted octanol–water partition coefficient (Wildman–Crippen LogP) is 4.98. The lowest BCUT2D eigenvalue weighted by Gasteiger charge is -2.59. The van der Waals surface area contributed by atoms with Gasteiger partial charge in [0.25, 0.3) is 5.91 Å². The third-order valence-electron chi connectivity index (χ3n) is 8.98. The lowest BCUT2D eigenvalue weighted by Crippen LogP contribution is -2.63. The number of amides is 2. The van der Waals surface area contributed by atoms with E-state index in [-0.39, 0.29) is 43.6 Å². The number of aromatic nitrogens is 1. The Hall–Kier alpha value is -3.26. The lowest BCUT2D eigenvalue weighted by atomic mass is 9.54. The number of nitrogens with one attached hydrogen (secondary N) is 1. The number of anilines is 3. The summed E-state index contributed by atoms with van der Waals surface area (Å²) in [7, 11) is 0. The molecule has 1 aromatic heterocycles. The molecule has 4 saturated carbocycles. The first kappa shape index (κ1) is 29.8. The molecule has 5 N–H and O–H groups in total. The quantitative estimate of drug-likeness (QED) is 0.153. The Morgan fingerprint density at radius 1 is 1.12 bits per heavy atom. The van der Waals surface area contributed by atoms with Gasteiger partial charge in [0.2, 0.25) is 11.7 Å². The van der Waals surface area contributed by atoms with Crippen molar-refractivity contribution in [3.8, 4) is 5.75 Å². The predicted molar refractivity (Wildman–Crippen MR) is 171 cm³/mol. The number of carbonyl (C=O) groups excluding carboxylic acids is 3. The largest absolute Gasteiger partial charge is 0.484 e. The Balaban J connectivity index is 1.10. The van der Waals surface area contributed by atoms with Crippen molar-refractivity contribution in [2.45, 2.75) is 54.5 Å². The summed E-state index contributed by atoms with van der Waals surface area (Å²) in [6, 6.07) is 11.4. The third-order valence-corrected chi connectivity index (χ3v) is 11.6. The average Bonchev–Trinajstić information content (AvgIpc) is 3.35. The summed E-state index contributed by atoms with van der Waals surface area (Å²) in [5, 5.41) is 3.55. The molecule has 4 bridgehead atoms. The number of rotatable bonds is 10. The number of nitrogen functional groups attached to an aromatic ring is 1. The number of ketones is 1. The zero-order chi connectivity index (χ0) is 30.5. The molecular weight excluding hydrogens is 684 g/mol. The number of ether oxygens (including phenoxy) is 1. The maximum Gasteiger partial charge on any atom is 0.258 e. The number of primary amides is 1. The van der Waals surface area contributed by atoms with Gasteiger partial charge in [0, 0.05) is 20.7 Å². The number of nitrogens with zero attached hydrogens (tertiary/aromatic N) is 2. The second-order valence-electron chi connectivity index (χ2n) is 12.0. The summed E-state index contributed by atoms with van der Waals surface area (Å²) in [4.78, 5) is 44.3. The van der Waals surface area contributed by atoms with E-state index in [1.807, 2.05) is 0 Å². The fraction of sp³-hybridized carbons (Fsp3) is 0.419. The van der Waals surface area contributed by atoms with E-state index >= 15 is 0 Å². The third kappa shape index (κ3) is 5.95.